The summed E-state index contributed by atoms with van der Waals surface area (Å²) in [5.41, 5.74) is 1.80. The second-order valence-electron chi connectivity index (χ2n) is 10.1. The fourth-order valence-electron chi connectivity index (χ4n) is 3.89. The molecule has 2 aromatic rings. The molecule has 198 valence electrons. The van der Waals surface area contributed by atoms with Crippen molar-refractivity contribution < 1.29 is 18.0 Å². The summed E-state index contributed by atoms with van der Waals surface area (Å²) in [6.07, 6.45) is 2.15. The largest absolute Gasteiger partial charge is 0.350 e. The predicted molar refractivity (Wildman–Crippen MR) is 147 cm³/mol. The maximum atomic E-state index is 13.3. The molecule has 0 spiro atoms. The van der Waals surface area contributed by atoms with Gasteiger partial charge in [0.1, 0.15) is 6.04 Å². The first-order valence-corrected chi connectivity index (χ1v) is 14.3. The van der Waals surface area contributed by atoms with Gasteiger partial charge in [-0.15, -0.1) is 0 Å². The minimum Gasteiger partial charge on any atom is -0.350 e. The average Bonchev–Trinajstić information content (AvgIpc) is 2.77. The van der Waals surface area contributed by atoms with Gasteiger partial charge in [-0.25, -0.2) is 8.42 Å². The van der Waals surface area contributed by atoms with Crippen molar-refractivity contribution in [2.75, 3.05) is 23.7 Å². The van der Waals surface area contributed by atoms with Gasteiger partial charge in [0.15, 0.2) is 0 Å². The van der Waals surface area contributed by atoms with Gasteiger partial charge in [0.2, 0.25) is 21.8 Å². The first-order chi connectivity index (χ1) is 16.7. The highest BCUT2D eigenvalue weighted by molar-refractivity contribution is 7.92. The average molecular weight is 536 g/mol. The second-order valence-corrected chi connectivity index (χ2v) is 12.4. The standard InChI is InChI=1S/C27H38ClN3O4S/c1-20-23(28)14-10-15-24(20)31(36(6,34)35)18-11-16-25(32)30(19-17-22-12-8-7-9-13-22)21(2)26(33)29-27(3,4)5/h7-10,12-15,21H,11,16-19H2,1-6H3,(H,29,33)/t21-/m0/s1. The third kappa shape index (κ3) is 8.82. The topological polar surface area (TPSA) is 86.8 Å². The van der Waals surface area contributed by atoms with E-state index in [0.29, 0.717) is 35.7 Å². The van der Waals surface area contributed by atoms with E-state index in [9.17, 15) is 18.0 Å². The maximum absolute atomic E-state index is 13.3. The first kappa shape index (κ1) is 29.6. The fourth-order valence-corrected chi connectivity index (χ4v) is 5.08. The minimum atomic E-state index is -3.59. The monoisotopic (exact) mass is 535 g/mol. The Morgan fingerprint density at radius 2 is 1.67 bits per heavy atom. The molecule has 0 heterocycles. The molecule has 1 atom stereocenters. The van der Waals surface area contributed by atoms with Crippen molar-refractivity contribution >= 4 is 39.1 Å². The lowest BCUT2D eigenvalue weighted by Gasteiger charge is -2.32. The molecule has 0 radical (unpaired) electrons. The van der Waals surface area contributed by atoms with Crippen molar-refractivity contribution in [1.82, 2.24) is 10.2 Å². The summed E-state index contributed by atoms with van der Waals surface area (Å²) in [4.78, 5) is 27.8. The Balaban J connectivity index is 2.16. The lowest BCUT2D eigenvalue weighted by Crippen LogP contribution is -2.53. The highest BCUT2D eigenvalue weighted by atomic mass is 35.5. The van der Waals surface area contributed by atoms with Gasteiger partial charge in [0.25, 0.3) is 0 Å². The summed E-state index contributed by atoms with van der Waals surface area (Å²) in [7, 11) is -3.59. The van der Waals surface area contributed by atoms with Gasteiger partial charge < -0.3 is 10.2 Å². The Labute approximate surface area is 220 Å². The Kier molecular flexibility index (Phi) is 10.4. The molecule has 0 bridgehead atoms. The van der Waals surface area contributed by atoms with Crippen LogP contribution < -0.4 is 9.62 Å². The zero-order chi connectivity index (χ0) is 27.1. The molecule has 0 aliphatic heterocycles. The highest BCUT2D eigenvalue weighted by Gasteiger charge is 2.28. The van der Waals surface area contributed by atoms with E-state index in [1.165, 1.54) is 4.31 Å². The van der Waals surface area contributed by atoms with Gasteiger partial charge in [-0.05, 0) is 70.7 Å². The summed E-state index contributed by atoms with van der Waals surface area (Å²) in [6.45, 7) is 9.68. The van der Waals surface area contributed by atoms with Gasteiger partial charge in [0, 0.05) is 30.1 Å². The lowest BCUT2D eigenvalue weighted by atomic mass is 10.1. The number of nitrogens with zero attached hydrogens (tertiary/aromatic N) is 2. The lowest BCUT2D eigenvalue weighted by molar-refractivity contribution is -0.140. The van der Waals surface area contributed by atoms with E-state index in [0.717, 1.165) is 11.8 Å². The minimum absolute atomic E-state index is 0.105. The van der Waals surface area contributed by atoms with Crippen molar-refractivity contribution in [1.29, 1.82) is 0 Å². The molecule has 0 saturated carbocycles. The molecule has 2 aromatic carbocycles. The van der Waals surface area contributed by atoms with Crippen LogP contribution in [-0.4, -0.2) is 56.1 Å². The normalized spacial score (nSPS) is 12.6. The van der Waals surface area contributed by atoms with Gasteiger partial charge >= 0.3 is 0 Å². The summed E-state index contributed by atoms with van der Waals surface area (Å²) in [5, 5.41) is 3.42. The van der Waals surface area contributed by atoms with Crippen molar-refractivity contribution in [3.63, 3.8) is 0 Å². The zero-order valence-corrected chi connectivity index (χ0v) is 23.6. The molecule has 2 amide bonds. The number of rotatable bonds is 11. The summed E-state index contributed by atoms with van der Waals surface area (Å²) in [5.74, 6) is -0.421. The highest BCUT2D eigenvalue weighted by Crippen LogP contribution is 2.28. The predicted octanol–water partition coefficient (Wildman–Crippen LogP) is 4.57. The Bertz CT molecular complexity index is 1150. The third-order valence-corrected chi connectivity index (χ3v) is 7.40. The fraction of sp³-hybridized carbons (Fsp3) is 0.481. The van der Waals surface area contributed by atoms with Crippen LogP contribution in [-0.2, 0) is 26.0 Å². The molecule has 2 rings (SSSR count). The van der Waals surface area contributed by atoms with Crippen LogP contribution in [0.15, 0.2) is 48.5 Å². The molecule has 0 aromatic heterocycles. The van der Waals surface area contributed by atoms with Crippen LogP contribution in [0.3, 0.4) is 0 Å². The second kappa shape index (κ2) is 12.6. The smallest absolute Gasteiger partial charge is 0.242 e. The number of carbonyl (C=O) groups is 2. The number of anilines is 1. The van der Waals surface area contributed by atoms with Crippen molar-refractivity contribution in [2.24, 2.45) is 0 Å². The van der Waals surface area contributed by atoms with E-state index < -0.39 is 21.6 Å². The molecule has 7 nitrogen and oxygen atoms in total. The molecule has 0 aliphatic rings. The van der Waals surface area contributed by atoms with Crippen molar-refractivity contribution in [3.05, 3.63) is 64.7 Å². The van der Waals surface area contributed by atoms with Gasteiger partial charge in [-0.3, -0.25) is 13.9 Å². The number of amides is 2. The molecule has 0 aliphatic carbocycles. The molecule has 0 unspecified atom stereocenters. The number of halogens is 1. The van der Waals surface area contributed by atoms with Crippen LogP contribution in [0.1, 0.15) is 51.7 Å². The molecule has 0 saturated heterocycles. The Hall–Kier alpha value is -2.58. The van der Waals surface area contributed by atoms with E-state index in [2.05, 4.69) is 5.32 Å². The summed E-state index contributed by atoms with van der Waals surface area (Å²) in [6, 6.07) is 14.2. The summed E-state index contributed by atoms with van der Waals surface area (Å²) < 4.78 is 26.3. The summed E-state index contributed by atoms with van der Waals surface area (Å²) >= 11 is 6.21. The van der Waals surface area contributed by atoms with Crippen LogP contribution in [0, 0.1) is 6.92 Å². The maximum Gasteiger partial charge on any atom is 0.242 e. The molecular formula is C27H38ClN3O4S. The van der Waals surface area contributed by atoms with E-state index >= 15 is 0 Å². The van der Waals surface area contributed by atoms with Crippen LogP contribution in [0.5, 0.6) is 0 Å². The van der Waals surface area contributed by atoms with Gasteiger partial charge in [-0.2, -0.15) is 0 Å². The first-order valence-electron chi connectivity index (χ1n) is 12.1. The molecule has 36 heavy (non-hydrogen) atoms. The van der Waals surface area contributed by atoms with Crippen molar-refractivity contribution in [3.8, 4) is 0 Å². The third-order valence-electron chi connectivity index (χ3n) is 5.81. The van der Waals surface area contributed by atoms with E-state index in [4.69, 9.17) is 11.6 Å². The number of hydrogen-bond acceptors (Lipinski definition) is 4. The van der Waals surface area contributed by atoms with Gasteiger partial charge in [0.05, 0.1) is 11.9 Å². The molecular weight excluding hydrogens is 498 g/mol. The Morgan fingerprint density at radius 3 is 2.25 bits per heavy atom. The number of nitrogens with one attached hydrogen (secondary N) is 1. The van der Waals surface area contributed by atoms with Gasteiger partial charge in [-0.1, -0.05) is 48.0 Å². The van der Waals surface area contributed by atoms with Crippen LogP contribution in [0.2, 0.25) is 5.02 Å². The SMILES string of the molecule is Cc1c(Cl)cccc1N(CCCC(=O)N(CCc1ccccc1)[C@@H](C)C(=O)NC(C)(C)C)S(C)(=O)=O. The number of carbonyl (C=O) groups excluding carboxylic acids is 2. The molecule has 9 heteroatoms. The Morgan fingerprint density at radius 1 is 1.03 bits per heavy atom. The van der Waals surface area contributed by atoms with Crippen LogP contribution in [0.25, 0.3) is 0 Å². The number of benzene rings is 2. The number of sulfonamides is 1. The molecule has 1 N–H and O–H groups in total. The quantitative estimate of drug-likeness (QED) is 0.456. The van der Waals surface area contributed by atoms with E-state index in [-0.39, 0.29) is 24.8 Å². The van der Waals surface area contributed by atoms with E-state index in [1.807, 2.05) is 51.1 Å². The van der Waals surface area contributed by atoms with E-state index in [1.54, 1.807) is 36.9 Å². The van der Waals surface area contributed by atoms with Crippen molar-refractivity contribution in [2.45, 2.75) is 65.5 Å². The molecule has 0 fully saturated rings. The zero-order valence-electron chi connectivity index (χ0n) is 22.0. The van der Waals surface area contributed by atoms with Crippen LogP contribution >= 0.6 is 11.6 Å². The van der Waals surface area contributed by atoms with Crippen LogP contribution in [0.4, 0.5) is 5.69 Å². The number of hydrogen-bond donors (Lipinski definition) is 1.